The molecule has 1 aromatic carbocycles. The zero-order valence-electron chi connectivity index (χ0n) is 8.65. The van der Waals surface area contributed by atoms with Gasteiger partial charge >= 0.3 is 6.09 Å². The first-order chi connectivity index (χ1) is 7.65. The molecular weight excluding hydrogens is 211 g/mol. The van der Waals surface area contributed by atoms with E-state index in [1.807, 2.05) is 0 Å². The van der Waals surface area contributed by atoms with Crippen LogP contribution in [-0.4, -0.2) is 18.2 Å². The Bertz CT molecular complexity index is 391. The van der Waals surface area contributed by atoms with Crippen LogP contribution in [0.3, 0.4) is 0 Å². The molecule has 16 heavy (non-hydrogen) atoms. The van der Waals surface area contributed by atoms with E-state index >= 15 is 0 Å². The molecule has 0 saturated heterocycles. The van der Waals surface area contributed by atoms with Crippen molar-refractivity contribution in [1.29, 1.82) is 0 Å². The Labute approximate surface area is 92.6 Å². The molecule has 4 nitrogen and oxygen atoms in total. The van der Waals surface area contributed by atoms with Gasteiger partial charge in [0.15, 0.2) is 0 Å². The summed E-state index contributed by atoms with van der Waals surface area (Å²) in [4.78, 5) is 11.3. The maximum Gasteiger partial charge on any atom is 0.411 e. The summed E-state index contributed by atoms with van der Waals surface area (Å²) in [5, 5.41) is 2.35. The second-order valence-corrected chi connectivity index (χ2v) is 3.86. The van der Waals surface area contributed by atoms with E-state index in [1.54, 1.807) is 12.1 Å². The van der Waals surface area contributed by atoms with Crippen LogP contribution in [-0.2, 0) is 4.74 Å². The highest BCUT2D eigenvalue weighted by Crippen LogP contribution is 2.22. The van der Waals surface area contributed by atoms with Crippen molar-refractivity contribution in [3.05, 3.63) is 30.1 Å². The summed E-state index contributed by atoms with van der Waals surface area (Å²) in [7, 11) is 0. The number of amides is 1. The molecule has 0 aliphatic heterocycles. The van der Waals surface area contributed by atoms with Crippen LogP contribution in [0.25, 0.3) is 0 Å². The fourth-order valence-corrected chi connectivity index (χ4v) is 1.56. The third-order valence-electron chi connectivity index (χ3n) is 2.52. The minimum atomic E-state index is -0.637. The zero-order valence-corrected chi connectivity index (χ0v) is 8.65. The number of nitrogens with one attached hydrogen (secondary N) is 1. The normalized spacial score (nSPS) is 23.4. The van der Waals surface area contributed by atoms with Crippen LogP contribution in [0, 0.1) is 5.82 Å². The number of nitrogens with two attached hydrogens (primary N) is 1. The van der Waals surface area contributed by atoms with Crippen molar-refractivity contribution in [1.82, 2.24) is 0 Å². The Morgan fingerprint density at radius 1 is 1.44 bits per heavy atom. The predicted molar refractivity (Wildman–Crippen MR) is 57.5 cm³/mol. The highest BCUT2D eigenvalue weighted by Gasteiger charge is 2.29. The molecule has 1 fully saturated rings. The molecule has 1 amide bonds. The minimum Gasteiger partial charge on any atom is -0.446 e. The lowest BCUT2D eigenvalue weighted by Crippen LogP contribution is -2.43. The molecule has 1 aromatic rings. The second-order valence-electron chi connectivity index (χ2n) is 3.86. The van der Waals surface area contributed by atoms with Gasteiger partial charge in [-0.25, -0.2) is 9.18 Å². The van der Waals surface area contributed by atoms with Crippen molar-refractivity contribution in [2.24, 2.45) is 5.73 Å². The van der Waals surface area contributed by atoms with Crippen LogP contribution < -0.4 is 11.1 Å². The number of hydrogen-bond acceptors (Lipinski definition) is 3. The average molecular weight is 224 g/mol. The third-order valence-corrected chi connectivity index (χ3v) is 2.52. The highest BCUT2D eigenvalue weighted by atomic mass is 19.1. The summed E-state index contributed by atoms with van der Waals surface area (Å²) < 4.78 is 18.2. The van der Waals surface area contributed by atoms with E-state index in [0.717, 1.165) is 0 Å². The van der Waals surface area contributed by atoms with Gasteiger partial charge in [-0.05, 0) is 25.0 Å². The van der Waals surface area contributed by atoms with Crippen molar-refractivity contribution in [3.63, 3.8) is 0 Å². The molecule has 0 bridgehead atoms. The molecule has 0 radical (unpaired) electrons. The molecule has 2 rings (SSSR count). The quantitative estimate of drug-likeness (QED) is 0.805. The van der Waals surface area contributed by atoms with E-state index in [4.69, 9.17) is 10.5 Å². The van der Waals surface area contributed by atoms with Gasteiger partial charge in [-0.15, -0.1) is 0 Å². The Hall–Kier alpha value is -1.62. The number of para-hydroxylation sites is 1. The van der Waals surface area contributed by atoms with Gasteiger partial charge in [0.05, 0.1) is 5.69 Å². The van der Waals surface area contributed by atoms with Crippen molar-refractivity contribution in [3.8, 4) is 0 Å². The van der Waals surface area contributed by atoms with Crippen LogP contribution in [0.2, 0.25) is 0 Å². The highest BCUT2D eigenvalue weighted by molar-refractivity contribution is 5.84. The first kappa shape index (κ1) is 10.9. The molecule has 0 spiro atoms. The lowest BCUT2D eigenvalue weighted by Gasteiger charge is -2.31. The predicted octanol–water partition coefficient (Wildman–Crippen LogP) is 1.86. The van der Waals surface area contributed by atoms with Gasteiger partial charge in [-0.3, -0.25) is 5.32 Å². The monoisotopic (exact) mass is 224 g/mol. The van der Waals surface area contributed by atoms with Gasteiger partial charge in [-0.1, -0.05) is 12.1 Å². The average Bonchev–Trinajstić information content (AvgIpc) is 2.19. The van der Waals surface area contributed by atoms with Crippen molar-refractivity contribution in [2.75, 3.05) is 5.32 Å². The lowest BCUT2D eigenvalue weighted by atomic mass is 9.90. The molecule has 0 atom stereocenters. The summed E-state index contributed by atoms with van der Waals surface area (Å²) in [5.41, 5.74) is 5.67. The number of hydrogen-bond donors (Lipinski definition) is 2. The van der Waals surface area contributed by atoms with Gasteiger partial charge in [-0.2, -0.15) is 0 Å². The van der Waals surface area contributed by atoms with E-state index in [9.17, 15) is 9.18 Å². The molecule has 3 N–H and O–H groups in total. The fourth-order valence-electron chi connectivity index (χ4n) is 1.56. The number of carbonyl (C=O) groups is 1. The van der Waals surface area contributed by atoms with Crippen LogP contribution in [0.4, 0.5) is 14.9 Å². The molecule has 1 saturated carbocycles. The first-order valence-corrected chi connectivity index (χ1v) is 5.13. The van der Waals surface area contributed by atoms with E-state index in [-0.39, 0.29) is 17.8 Å². The number of carbonyl (C=O) groups excluding carboxylic acids is 1. The molecule has 0 unspecified atom stereocenters. The number of benzene rings is 1. The Kier molecular flexibility index (Phi) is 3.05. The molecule has 5 heteroatoms. The van der Waals surface area contributed by atoms with Gasteiger partial charge in [0.2, 0.25) is 0 Å². The van der Waals surface area contributed by atoms with Crippen LogP contribution in [0.15, 0.2) is 24.3 Å². The Morgan fingerprint density at radius 3 is 2.75 bits per heavy atom. The summed E-state index contributed by atoms with van der Waals surface area (Å²) in [5.74, 6) is -0.482. The Morgan fingerprint density at radius 2 is 2.12 bits per heavy atom. The van der Waals surface area contributed by atoms with Gasteiger partial charge in [0, 0.05) is 6.04 Å². The van der Waals surface area contributed by atoms with Crippen molar-refractivity contribution in [2.45, 2.75) is 25.0 Å². The topological polar surface area (TPSA) is 64.3 Å². The summed E-state index contributed by atoms with van der Waals surface area (Å²) in [6.45, 7) is 0. The summed E-state index contributed by atoms with van der Waals surface area (Å²) >= 11 is 0. The molecule has 0 aromatic heterocycles. The molecule has 1 aliphatic rings. The molecule has 1 aliphatic carbocycles. The minimum absolute atomic E-state index is 0.117. The first-order valence-electron chi connectivity index (χ1n) is 5.13. The van der Waals surface area contributed by atoms with Gasteiger partial charge in [0.1, 0.15) is 11.9 Å². The zero-order chi connectivity index (χ0) is 11.5. The van der Waals surface area contributed by atoms with E-state index < -0.39 is 11.9 Å². The maximum atomic E-state index is 13.2. The maximum absolute atomic E-state index is 13.2. The van der Waals surface area contributed by atoms with Crippen molar-refractivity contribution < 1.29 is 13.9 Å². The molecule has 0 heterocycles. The van der Waals surface area contributed by atoms with Crippen LogP contribution in [0.5, 0.6) is 0 Å². The standard InChI is InChI=1S/C11H13FN2O2/c12-9-3-1-2-4-10(9)14-11(15)16-8-5-7(13)6-8/h1-4,7-8H,5-6,13H2,(H,14,15). The lowest BCUT2D eigenvalue weighted by molar-refractivity contribution is 0.0502. The van der Waals surface area contributed by atoms with E-state index in [1.165, 1.54) is 12.1 Å². The largest absolute Gasteiger partial charge is 0.446 e. The van der Waals surface area contributed by atoms with E-state index in [0.29, 0.717) is 12.8 Å². The van der Waals surface area contributed by atoms with Gasteiger partial charge < -0.3 is 10.5 Å². The van der Waals surface area contributed by atoms with Crippen LogP contribution in [0.1, 0.15) is 12.8 Å². The molecule has 86 valence electrons. The van der Waals surface area contributed by atoms with E-state index in [2.05, 4.69) is 5.32 Å². The third kappa shape index (κ3) is 2.49. The Balaban J connectivity index is 1.85. The number of halogens is 1. The van der Waals surface area contributed by atoms with Gasteiger partial charge in [0.25, 0.3) is 0 Å². The fraction of sp³-hybridized carbons (Fsp3) is 0.364. The SMILES string of the molecule is NC1CC(OC(=O)Nc2ccccc2F)C1. The smallest absolute Gasteiger partial charge is 0.411 e. The van der Waals surface area contributed by atoms with Crippen LogP contribution >= 0.6 is 0 Å². The number of rotatable bonds is 2. The molecular formula is C11H13FN2O2. The summed E-state index contributed by atoms with van der Waals surface area (Å²) in [6, 6.07) is 6.05. The number of ether oxygens (including phenoxy) is 1. The second kappa shape index (κ2) is 4.49. The summed E-state index contributed by atoms with van der Waals surface area (Å²) in [6.07, 6.45) is 0.568. The number of anilines is 1. The van der Waals surface area contributed by atoms with Crippen molar-refractivity contribution >= 4 is 11.8 Å².